The second-order valence-electron chi connectivity index (χ2n) is 5.72. The third-order valence-corrected chi connectivity index (χ3v) is 4.77. The minimum atomic E-state index is -1.27. The van der Waals surface area contributed by atoms with Crippen LogP contribution in [0.3, 0.4) is 0 Å². The second kappa shape index (κ2) is 7.68. The number of aromatic nitrogens is 3. The highest BCUT2D eigenvalue weighted by Gasteiger charge is 2.14. The molecule has 0 saturated carbocycles. The van der Waals surface area contributed by atoms with Gasteiger partial charge in [0.2, 0.25) is 11.9 Å². The van der Waals surface area contributed by atoms with Gasteiger partial charge in [0.25, 0.3) is 0 Å². The smallest absolute Gasteiger partial charge is 0.228 e. The Labute approximate surface area is 140 Å². The van der Waals surface area contributed by atoms with Crippen molar-refractivity contribution in [2.45, 2.75) is 59.2 Å². The summed E-state index contributed by atoms with van der Waals surface area (Å²) >= 11 is 1.83. The highest BCUT2D eigenvalue weighted by Crippen LogP contribution is 2.23. The van der Waals surface area contributed by atoms with E-state index in [4.69, 9.17) is 5.73 Å². The monoisotopic (exact) mass is 337 g/mol. The SMILES string of the molecule is CCC(CCc1cc(C)sc1C)Nc1nc(N)nc(C(C)F)n1. The molecule has 2 aromatic rings. The van der Waals surface area contributed by atoms with E-state index < -0.39 is 6.17 Å². The number of aryl methyl sites for hydroxylation is 3. The van der Waals surface area contributed by atoms with Gasteiger partial charge in [-0.15, -0.1) is 11.3 Å². The van der Waals surface area contributed by atoms with Crippen LogP contribution in [0.2, 0.25) is 0 Å². The van der Waals surface area contributed by atoms with E-state index in [1.807, 2.05) is 11.3 Å². The van der Waals surface area contributed by atoms with Crippen LogP contribution in [-0.4, -0.2) is 21.0 Å². The van der Waals surface area contributed by atoms with Crippen LogP contribution in [0, 0.1) is 13.8 Å². The van der Waals surface area contributed by atoms with E-state index in [1.54, 1.807) is 0 Å². The first-order valence-electron chi connectivity index (χ1n) is 7.87. The predicted molar refractivity (Wildman–Crippen MR) is 93.6 cm³/mol. The van der Waals surface area contributed by atoms with Gasteiger partial charge in [-0.1, -0.05) is 6.92 Å². The van der Waals surface area contributed by atoms with Gasteiger partial charge in [0.05, 0.1) is 0 Å². The molecule has 3 N–H and O–H groups in total. The number of hydrogen-bond donors (Lipinski definition) is 2. The van der Waals surface area contributed by atoms with Crippen molar-refractivity contribution in [3.63, 3.8) is 0 Å². The Morgan fingerprint density at radius 3 is 2.61 bits per heavy atom. The lowest BCUT2D eigenvalue weighted by atomic mass is 10.0. The number of anilines is 2. The summed E-state index contributed by atoms with van der Waals surface area (Å²) in [5.41, 5.74) is 7.02. The Hall–Kier alpha value is -1.76. The maximum Gasteiger partial charge on any atom is 0.228 e. The van der Waals surface area contributed by atoms with E-state index in [-0.39, 0.29) is 17.8 Å². The molecule has 126 valence electrons. The van der Waals surface area contributed by atoms with Gasteiger partial charge in [0.15, 0.2) is 12.0 Å². The number of nitrogens with one attached hydrogen (secondary N) is 1. The molecule has 2 aromatic heterocycles. The summed E-state index contributed by atoms with van der Waals surface area (Å²) in [6.45, 7) is 7.77. The van der Waals surface area contributed by atoms with Crippen LogP contribution in [0.25, 0.3) is 0 Å². The summed E-state index contributed by atoms with van der Waals surface area (Å²) in [4.78, 5) is 14.7. The average Bonchev–Trinajstić information content (AvgIpc) is 2.80. The number of alkyl halides is 1. The number of halogens is 1. The topological polar surface area (TPSA) is 76.7 Å². The number of nitrogen functional groups attached to an aromatic ring is 1. The summed E-state index contributed by atoms with van der Waals surface area (Å²) in [5, 5.41) is 3.26. The zero-order valence-corrected chi connectivity index (χ0v) is 14.9. The molecule has 0 aliphatic rings. The highest BCUT2D eigenvalue weighted by molar-refractivity contribution is 7.12. The fourth-order valence-electron chi connectivity index (χ4n) is 2.47. The van der Waals surface area contributed by atoms with E-state index in [9.17, 15) is 4.39 Å². The molecule has 0 bridgehead atoms. The molecule has 2 rings (SSSR count). The zero-order valence-electron chi connectivity index (χ0n) is 14.1. The number of nitrogens with zero attached hydrogens (tertiary/aromatic N) is 3. The lowest BCUT2D eigenvalue weighted by Crippen LogP contribution is -2.22. The molecule has 0 fully saturated rings. The van der Waals surface area contributed by atoms with Crippen molar-refractivity contribution in [1.82, 2.24) is 15.0 Å². The van der Waals surface area contributed by atoms with Gasteiger partial charge >= 0.3 is 0 Å². The van der Waals surface area contributed by atoms with Crippen LogP contribution in [0.15, 0.2) is 6.07 Å². The molecule has 2 unspecified atom stereocenters. The van der Waals surface area contributed by atoms with Gasteiger partial charge < -0.3 is 11.1 Å². The van der Waals surface area contributed by atoms with Crippen LogP contribution < -0.4 is 11.1 Å². The third kappa shape index (κ3) is 4.86. The summed E-state index contributed by atoms with van der Waals surface area (Å²) in [7, 11) is 0. The fraction of sp³-hybridized carbons (Fsp3) is 0.562. The van der Waals surface area contributed by atoms with Gasteiger partial charge in [-0.3, -0.25) is 0 Å². The van der Waals surface area contributed by atoms with Crippen LogP contribution >= 0.6 is 11.3 Å². The van der Waals surface area contributed by atoms with Crippen LogP contribution in [0.4, 0.5) is 16.3 Å². The van der Waals surface area contributed by atoms with Crippen molar-refractivity contribution >= 4 is 23.2 Å². The first kappa shape index (κ1) is 17.6. The van der Waals surface area contributed by atoms with Gasteiger partial charge in [-0.25, -0.2) is 4.39 Å². The van der Waals surface area contributed by atoms with Crippen LogP contribution in [0.5, 0.6) is 0 Å². The van der Waals surface area contributed by atoms with Crippen molar-refractivity contribution in [3.8, 4) is 0 Å². The van der Waals surface area contributed by atoms with Crippen molar-refractivity contribution in [2.24, 2.45) is 0 Å². The predicted octanol–water partition coefficient (Wildman–Crippen LogP) is 3.99. The van der Waals surface area contributed by atoms with E-state index in [1.165, 1.54) is 22.2 Å². The molecule has 2 heterocycles. The standard InChI is InChI=1S/C16H24FN5S/c1-5-13(7-6-12-8-9(2)23-11(12)4)19-16-21-14(10(3)17)20-15(18)22-16/h8,10,13H,5-7H2,1-4H3,(H3,18,19,20,21,22). The van der Waals surface area contributed by atoms with Gasteiger partial charge in [0, 0.05) is 15.8 Å². The van der Waals surface area contributed by atoms with Crippen LogP contribution in [0.1, 0.15) is 54.0 Å². The molecule has 7 heteroatoms. The van der Waals surface area contributed by atoms with Crippen LogP contribution in [-0.2, 0) is 6.42 Å². The Morgan fingerprint density at radius 2 is 2.04 bits per heavy atom. The summed E-state index contributed by atoms with van der Waals surface area (Å²) in [6, 6.07) is 2.45. The molecular formula is C16H24FN5S. The van der Waals surface area contributed by atoms with E-state index in [0.29, 0.717) is 5.95 Å². The normalized spacial score (nSPS) is 13.8. The molecule has 0 aliphatic heterocycles. The Kier molecular flexibility index (Phi) is 5.87. The van der Waals surface area contributed by atoms with Crippen molar-refractivity contribution in [1.29, 1.82) is 0 Å². The van der Waals surface area contributed by atoms with Crippen molar-refractivity contribution in [3.05, 3.63) is 27.2 Å². The van der Waals surface area contributed by atoms with Crippen molar-refractivity contribution < 1.29 is 4.39 Å². The molecule has 0 amide bonds. The number of hydrogen-bond acceptors (Lipinski definition) is 6. The van der Waals surface area contributed by atoms with E-state index in [0.717, 1.165) is 19.3 Å². The molecular weight excluding hydrogens is 313 g/mol. The number of nitrogens with two attached hydrogens (primary N) is 1. The van der Waals surface area contributed by atoms with E-state index in [2.05, 4.69) is 47.1 Å². The van der Waals surface area contributed by atoms with Gasteiger partial charge in [-0.2, -0.15) is 15.0 Å². The number of thiophene rings is 1. The average molecular weight is 337 g/mol. The maximum absolute atomic E-state index is 13.4. The Morgan fingerprint density at radius 1 is 1.30 bits per heavy atom. The Balaban J connectivity index is 2.03. The summed E-state index contributed by atoms with van der Waals surface area (Å²) < 4.78 is 13.4. The molecule has 23 heavy (non-hydrogen) atoms. The van der Waals surface area contributed by atoms with Gasteiger partial charge in [-0.05, 0) is 51.7 Å². The van der Waals surface area contributed by atoms with Crippen molar-refractivity contribution in [2.75, 3.05) is 11.1 Å². The minimum absolute atomic E-state index is 0.0427. The molecule has 2 atom stereocenters. The zero-order chi connectivity index (χ0) is 17.0. The minimum Gasteiger partial charge on any atom is -0.368 e. The summed E-state index contributed by atoms with van der Waals surface area (Å²) in [6.07, 6.45) is 1.61. The third-order valence-electron chi connectivity index (χ3n) is 3.76. The largest absolute Gasteiger partial charge is 0.368 e. The van der Waals surface area contributed by atoms with Gasteiger partial charge in [0.1, 0.15) is 0 Å². The lowest BCUT2D eigenvalue weighted by molar-refractivity contribution is 0.356. The maximum atomic E-state index is 13.4. The fourth-order valence-corrected chi connectivity index (χ4v) is 3.45. The second-order valence-corrected chi connectivity index (χ2v) is 7.18. The molecule has 0 saturated heterocycles. The first-order chi connectivity index (χ1) is 10.9. The molecule has 0 aliphatic carbocycles. The first-order valence-corrected chi connectivity index (χ1v) is 8.68. The summed E-state index contributed by atoms with van der Waals surface area (Å²) in [5.74, 6) is 0.461. The Bertz CT molecular complexity index is 656. The molecule has 5 nitrogen and oxygen atoms in total. The number of rotatable bonds is 7. The highest BCUT2D eigenvalue weighted by atomic mass is 32.1. The molecule has 0 spiro atoms. The lowest BCUT2D eigenvalue weighted by Gasteiger charge is -2.17. The molecule has 0 aromatic carbocycles. The van der Waals surface area contributed by atoms with E-state index >= 15 is 0 Å². The molecule has 0 radical (unpaired) electrons. The quantitative estimate of drug-likeness (QED) is 0.799.